The van der Waals surface area contributed by atoms with Crippen LogP contribution in [0.3, 0.4) is 0 Å². The Bertz CT molecular complexity index is 1260. The first kappa shape index (κ1) is 27.7. The lowest BCUT2D eigenvalue weighted by molar-refractivity contribution is -0.256. The van der Waals surface area contributed by atoms with Crippen molar-refractivity contribution in [3.63, 3.8) is 0 Å². The summed E-state index contributed by atoms with van der Waals surface area (Å²) in [6.45, 7) is 4.23. The minimum absolute atomic E-state index is 0.0277. The Kier molecular flexibility index (Phi) is 8.16. The minimum Gasteiger partial charge on any atom is -0.478 e. The number of rotatable bonds is 6. The number of halogens is 3. The smallest absolute Gasteiger partial charge is 0.395 e. The molecule has 3 aromatic rings. The van der Waals surface area contributed by atoms with Gasteiger partial charge in [0, 0.05) is 24.8 Å². The molecule has 38 heavy (non-hydrogen) atoms. The number of fused-ring (bicyclic) bond motifs is 1. The highest BCUT2D eigenvalue weighted by molar-refractivity contribution is 5.96. The highest BCUT2D eigenvalue weighted by Gasteiger charge is 2.58. The van der Waals surface area contributed by atoms with Crippen molar-refractivity contribution < 1.29 is 33.0 Å². The van der Waals surface area contributed by atoms with E-state index in [0.29, 0.717) is 18.8 Å². The van der Waals surface area contributed by atoms with E-state index in [9.17, 15) is 22.8 Å². The second kappa shape index (κ2) is 11.2. The Balaban J connectivity index is 0.000000219. The van der Waals surface area contributed by atoms with Crippen LogP contribution in [0.15, 0.2) is 54.7 Å². The van der Waals surface area contributed by atoms with Gasteiger partial charge in [-0.2, -0.15) is 13.2 Å². The minimum atomic E-state index is -4.05. The standard InChI is InChI=1S/C20H25F3N2.C9H8O4/c21-20(22,23)19(9-3-10-19)15-24-11-6-16(7-12-24)14-25-13-8-17-4-1-2-5-18(17)25;1-5-6(8(10)11)3-2-4-7(5)9(12)13/h1-2,4-5,8,13,16H,3,6-7,9-12,14-15H2;2-4H,1H3,(H,10,11)(H,12,13). The van der Waals surface area contributed by atoms with Gasteiger partial charge in [-0.15, -0.1) is 0 Å². The van der Waals surface area contributed by atoms with E-state index >= 15 is 0 Å². The molecule has 9 heteroatoms. The Morgan fingerprint density at radius 1 is 0.947 bits per heavy atom. The summed E-state index contributed by atoms with van der Waals surface area (Å²) in [7, 11) is 0. The monoisotopic (exact) mass is 530 g/mol. The fourth-order valence-corrected chi connectivity index (χ4v) is 5.57. The molecule has 0 atom stereocenters. The van der Waals surface area contributed by atoms with Crippen LogP contribution in [0.5, 0.6) is 0 Å². The molecular formula is C29H33F3N2O4. The maximum atomic E-state index is 13.4. The average Bonchev–Trinajstić information content (AvgIpc) is 3.24. The Hall–Kier alpha value is -3.33. The van der Waals surface area contributed by atoms with Gasteiger partial charge < -0.3 is 19.7 Å². The van der Waals surface area contributed by atoms with E-state index in [1.54, 1.807) is 0 Å². The van der Waals surface area contributed by atoms with Crippen molar-refractivity contribution in [2.24, 2.45) is 11.3 Å². The van der Waals surface area contributed by atoms with Crippen molar-refractivity contribution in [3.8, 4) is 0 Å². The van der Waals surface area contributed by atoms with Crippen LogP contribution < -0.4 is 0 Å². The number of hydrogen-bond donors (Lipinski definition) is 2. The van der Waals surface area contributed by atoms with Crippen molar-refractivity contribution in [1.29, 1.82) is 0 Å². The zero-order valence-corrected chi connectivity index (χ0v) is 21.4. The molecule has 2 aromatic carbocycles. The number of aromatic nitrogens is 1. The fraction of sp³-hybridized carbons (Fsp3) is 0.448. The summed E-state index contributed by atoms with van der Waals surface area (Å²) in [6, 6.07) is 14.7. The fourth-order valence-electron chi connectivity index (χ4n) is 5.57. The zero-order valence-electron chi connectivity index (χ0n) is 21.4. The van der Waals surface area contributed by atoms with Crippen LogP contribution in [0.2, 0.25) is 0 Å². The molecule has 2 N–H and O–H groups in total. The van der Waals surface area contributed by atoms with E-state index in [1.807, 2.05) is 6.07 Å². The van der Waals surface area contributed by atoms with Crippen molar-refractivity contribution >= 4 is 22.8 Å². The van der Waals surface area contributed by atoms with Crippen molar-refractivity contribution in [2.45, 2.75) is 51.7 Å². The summed E-state index contributed by atoms with van der Waals surface area (Å²) >= 11 is 0. The zero-order chi connectivity index (χ0) is 27.5. The molecule has 0 amide bonds. The molecule has 1 aliphatic carbocycles. The van der Waals surface area contributed by atoms with Gasteiger partial charge in [0.2, 0.25) is 0 Å². The van der Waals surface area contributed by atoms with Gasteiger partial charge in [0.15, 0.2) is 0 Å². The van der Waals surface area contributed by atoms with E-state index in [0.717, 1.165) is 38.9 Å². The van der Waals surface area contributed by atoms with Crippen LogP contribution >= 0.6 is 0 Å². The number of para-hydroxylation sites is 1. The van der Waals surface area contributed by atoms with Crippen LogP contribution in [0.1, 0.15) is 58.4 Å². The molecule has 0 bridgehead atoms. The lowest BCUT2D eigenvalue weighted by Gasteiger charge is -2.47. The number of carboxylic acid groups (broad SMARTS) is 2. The summed E-state index contributed by atoms with van der Waals surface area (Å²) in [5.41, 5.74) is 0.161. The average molecular weight is 531 g/mol. The van der Waals surface area contributed by atoms with Gasteiger partial charge in [-0.25, -0.2) is 9.59 Å². The number of carboxylic acids is 2. The van der Waals surface area contributed by atoms with Gasteiger partial charge in [-0.1, -0.05) is 30.7 Å². The van der Waals surface area contributed by atoms with E-state index in [2.05, 4.69) is 39.9 Å². The van der Waals surface area contributed by atoms with E-state index < -0.39 is 23.5 Å². The van der Waals surface area contributed by atoms with Gasteiger partial charge in [0.05, 0.1) is 16.5 Å². The molecule has 1 saturated carbocycles. The molecule has 2 aliphatic rings. The molecule has 0 unspecified atom stereocenters. The molecule has 2 heterocycles. The maximum Gasteiger partial charge on any atom is 0.395 e. The molecule has 1 aromatic heterocycles. The Morgan fingerprint density at radius 3 is 2.08 bits per heavy atom. The second-order valence-electron chi connectivity index (χ2n) is 10.5. The number of benzene rings is 2. The number of aromatic carboxylic acids is 2. The number of piperidine rings is 1. The number of carbonyl (C=O) groups is 2. The lowest BCUT2D eigenvalue weighted by Crippen LogP contribution is -2.53. The second-order valence-corrected chi connectivity index (χ2v) is 10.5. The van der Waals surface area contributed by atoms with Crippen molar-refractivity contribution in [2.75, 3.05) is 19.6 Å². The SMILES string of the molecule is Cc1c(C(=O)O)cccc1C(=O)O.FC(F)(F)C1(CN2CCC(Cn3ccc4ccccc43)CC2)CCC1. The molecule has 204 valence electrons. The molecule has 1 aliphatic heterocycles. The molecule has 0 spiro atoms. The third kappa shape index (κ3) is 5.88. The van der Waals surface area contributed by atoms with E-state index in [1.165, 1.54) is 36.0 Å². The van der Waals surface area contributed by atoms with Crippen molar-refractivity contribution in [1.82, 2.24) is 9.47 Å². The number of hydrogen-bond acceptors (Lipinski definition) is 3. The molecule has 6 nitrogen and oxygen atoms in total. The highest BCUT2D eigenvalue weighted by Crippen LogP contribution is 2.53. The summed E-state index contributed by atoms with van der Waals surface area (Å²) < 4.78 is 42.4. The topological polar surface area (TPSA) is 82.8 Å². The molecule has 2 fully saturated rings. The summed E-state index contributed by atoms with van der Waals surface area (Å²) in [4.78, 5) is 23.3. The van der Waals surface area contributed by atoms with E-state index in [-0.39, 0.29) is 23.2 Å². The van der Waals surface area contributed by atoms with Crippen LogP contribution in [0.25, 0.3) is 10.9 Å². The Labute approximate surface area is 219 Å². The Morgan fingerprint density at radius 2 is 1.55 bits per heavy atom. The third-order valence-corrected chi connectivity index (χ3v) is 8.08. The van der Waals surface area contributed by atoms with Crippen LogP contribution in [0.4, 0.5) is 13.2 Å². The first-order valence-electron chi connectivity index (χ1n) is 12.9. The van der Waals surface area contributed by atoms with Gasteiger partial charge in [-0.05, 0) is 86.8 Å². The normalized spacial score (nSPS) is 17.9. The molecule has 5 rings (SSSR count). The van der Waals surface area contributed by atoms with Crippen LogP contribution in [0, 0.1) is 18.3 Å². The van der Waals surface area contributed by atoms with Gasteiger partial charge >= 0.3 is 18.1 Å². The number of likely N-dealkylation sites (tertiary alicyclic amines) is 1. The molecular weight excluding hydrogens is 497 g/mol. The first-order valence-corrected chi connectivity index (χ1v) is 12.9. The van der Waals surface area contributed by atoms with Crippen LogP contribution in [-0.4, -0.2) is 57.4 Å². The molecule has 1 saturated heterocycles. The van der Waals surface area contributed by atoms with Crippen LogP contribution in [-0.2, 0) is 6.54 Å². The van der Waals surface area contributed by atoms with Gasteiger partial charge in [-0.3, -0.25) is 0 Å². The highest BCUT2D eigenvalue weighted by atomic mass is 19.4. The van der Waals surface area contributed by atoms with Gasteiger partial charge in [0.1, 0.15) is 0 Å². The number of nitrogens with zero attached hydrogens (tertiary/aromatic N) is 2. The first-order chi connectivity index (χ1) is 18.0. The van der Waals surface area contributed by atoms with Gasteiger partial charge in [0.25, 0.3) is 0 Å². The van der Waals surface area contributed by atoms with Crippen molar-refractivity contribution in [3.05, 3.63) is 71.4 Å². The predicted octanol–water partition coefficient (Wildman–Crippen LogP) is 6.48. The molecule has 0 radical (unpaired) electrons. The largest absolute Gasteiger partial charge is 0.478 e. The van der Waals surface area contributed by atoms with E-state index in [4.69, 9.17) is 10.2 Å². The quantitative estimate of drug-likeness (QED) is 0.381. The predicted molar refractivity (Wildman–Crippen MR) is 139 cm³/mol. The summed E-state index contributed by atoms with van der Waals surface area (Å²) in [6.07, 6.45) is 1.39. The lowest BCUT2D eigenvalue weighted by atomic mass is 9.67. The summed E-state index contributed by atoms with van der Waals surface area (Å²) in [5.74, 6) is -1.67. The number of alkyl halides is 3. The maximum absolute atomic E-state index is 13.4. The third-order valence-electron chi connectivity index (χ3n) is 8.08. The summed E-state index contributed by atoms with van der Waals surface area (Å²) in [5, 5.41) is 18.6.